The number of hydrogen-bond donors (Lipinski definition) is 1. The van der Waals surface area contributed by atoms with E-state index in [-0.39, 0.29) is 0 Å². The van der Waals surface area contributed by atoms with Crippen molar-refractivity contribution in [1.29, 1.82) is 0 Å². The van der Waals surface area contributed by atoms with Gasteiger partial charge in [-0.3, -0.25) is 0 Å². The van der Waals surface area contributed by atoms with Gasteiger partial charge in [-0.1, -0.05) is 6.92 Å². The third-order valence-corrected chi connectivity index (χ3v) is 10.4. The standard InChI is InChI=1S/C20H24N4O2S3/c1-13-4-6-15-16(10-13)28-20-18(15)19(22-12-23-20)21-11-14-5-7-17(27-14)29(25,26)24-8-2-3-9-24/h5,7,12-13H,2-4,6,8-11H2,1H3,(H,21,22,23)/t13-/m0/s1. The lowest BCUT2D eigenvalue weighted by Gasteiger charge is -2.18. The Kier molecular flexibility index (Phi) is 5.09. The first kappa shape index (κ1) is 19.4. The summed E-state index contributed by atoms with van der Waals surface area (Å²) in [6.07, 6.45) is 6.93. The molecule has 9 heteroatoms. The summed E-state index contributed by atoms with van der Waals surface area (Å²) in [7, 11) is -3.34. The number of thiophene rings is 2. The number of nitrogens with zero attached hydrogens (tertiary/aromatic N) is 3. The first-order valence-electron chi connectivity index (χ1n) is 10.1. The molecule has 1 fully saturated rings. The Bertz CT molecular complexity index is 1150. The molecule has 0 radical (unpaired) electrons. The Labute approximate surface area is 179 Å². The lowest BCUT2D eigenvalue weighted by Crippen LogP contribution is -2.27. The van der Waals surface area contributed by atoms with Gasteiger partial charge in [0.2, 0.25) is 0 Å². The fraction of sp³-hybridized carbons (Fsp3) is 0.500. The zero-order chi connectivity index (χ0) is 20.0. The minimum Gasteiger partial charge on any atom is -0.365 e. The molecule has 1 atom stereocenters. The molecule has 3 aromatic rings. The van der Waals surface area contributed by atoms with E-state index in [1.165, 1.54) is 28.2 Å². The first-order chi connectivity index (χ1) is 14.0. The lowest BCUT2D eigenvalue weighted by atomic mass is 9.89. The maximum absolute atomic E-state index is 12.7. The molecule has 29 heavy (non-hydrogen) atoms. The summed E-state index contributed by atoms with van der Waals surface area (Å²) in [6.45, 7) is 4.14. The number of rotatable bonds is 5. The van der Waals surface area contributed by atoms with Crippen LogP contribution in [-0.4, -0.2) is 35.8 Å². The van der Waals surface area contributed by atoms with Gasteiger partial charge in [0.1, 0.15) is 21.2 Å². The zero-order valence-corrected chi connectivity index (χ0v) is 18.8. The van der Waals surface area contributed by atoms with Crippen LogP contribution in [0.2, 0.25) is 0 Å². The Morgan fingerprint density at radius 2 is 2.03 bits per heavy atom. The molecule has 0 spiro atoms. The van der Waals surface area contributed by atoms with E-state index < -0.39 is 10.0 Å². The average Bonchev–Trinajstić information content (AvgIpc) is 3.44. The maximum Gasteiger partial charge on any atom is 0.252 e. The van der Waals surface area contributed by atoms with E-state index in [0.29, 0.717) is 23.8 Å². The van der Waals surface area contributed by atoms with Gasteiger partial charge in [-0.15, -0.1) is 22.7 Å². The molecule has 1 N–H and O–H groups in total. The highest BCUT2D eigenvalue weighted by Gasteiger charge is 2.28. The zero-order valence-electron chi connectivity index (χ0n) is 16.3. The van der Waals surface area contributed by atoms with Crippen LogP contribution in [-0.2, 0) is 29.4 Å². The van der Waals surface area contributed by atoms with Gasteiger partial charge >= 0.3 is 0 Å². The highest BCUT2D eigenvalue weighted by Crippen LogP contribution is 2.39. The van der Waals surface area contributed by atoms with Crippen LogP contribution >= 0.6 is 22.7 Å². The van der Waals surface area contributed by atoms with Gasteiger partial charge in [-0.2, -0.15) is 4.31 Å². The maximum atomic E-state index is 12.7. The minimum atomic E-state index is -3.34. The molecule has 2 aliphatic rings. The molecule has 1 aliphatic heterocycles. The molecule has 6 nitrogen and oxygen atoms in total. The van der Waals surface area contributed by atoms with Crippen molar-refractivity contribution in [2.45, 2.75) is 49.8 Å². The summed E-state index contributed by atoms with van der Waals surface area (Å²) in [5.41, 5.74) is 1.40. The van der Waals surface area contributed by atoms with Crippen LogP contribution < -0.4 is 5.32 Å². The summed E-state index contributed by atoms with van der Waals surface area (Å²) >= 11 is 3.14. The Morgan fingerprint density at radius 3 is 2.86 bits per heavy atom. The largest absolute Gasteiger partial charge is 0.365 e. The van der Waals surface area contributed by atoms with Gasteiger partial charge in [0.25, 0.3) is 10.0 Å². The van der Waals surface area contributed by atoms with Crippen molar-refractivity contribution in [3.8, 4) is 0 Å². The third kappa shape index (κ3) is 3.58. The smallest absolute Gasteiger partial charge is 0.252 e. The van der Waals surface area contributed by atoms with E-state index in [1.807, 2.05) is 6.07 Å². The Morgan fingerprint density at radius 1 is 1.21 bits per heavy atom. The number of fused-ring (bicyclic) bond motifs is 3. The molecular weight excluding hydrogens is 424 g/mol. The number of anilines is 1. The molecule has 0 bridgehead atoms. The molecule has 0 saturated carbocycles. The fourth-order valence-corrected chi connectivity index (χ4v) is 8.54. The van der Waals surface area contributed by atoms with Gasteiger partial charge in [0, 0.05) is 22.8 Å². The van der Waals surface area contributed by atoms with Crippen LogP contribution in [0.4, 0.5) is 5.82 Å². The molecule has 0 unspecified atom stereocenters. The SMILES string of the molecule is C[C@H]1CCc2c(sc3ncnc(NCc4ccc(S(=O)(=O)N5CCCC5)s4)c23)C1. The number of nitrogens with one attached hydrogen (secondary N) is 1. The monoisotopic (exact) mass is 448 g/mol. The molecular formula is C20H24N4O2S3. The lowest BCUT2D eigenvalue weighted by molar-refractivity contribution is 0.479. The van der Waals surface area contributed by atoms with Gasteiger partial charge in [0.05, 0.1) is 11.9 Å². The van der Waals surface area contributed by atoms with Crippen molar-refractivity contribution in [3.63, 3.8) is 0 Å². The van der Waals surface area contributed by atoms with Crippen molar-refractivity contribution < 1.29 is 8.42 Å². The molecule has 0 amide bonds. The normalized spacial score (nSPS) is 20.2. The van der Waals surface area contributed by atoms with E-state index >= 15 is 0 Å². The minimum absolute atomic E-state index is 0.436. The topological polar surface area (TPSA) is 75.2 Å². The second-order valence-electron chi connectivity index (χ2n) is 7.94. The highest BCUT2D eigenvalue weighted by molar-refractivity contribution is 7.91. The van der Waals surface area contributed by atoms with Crippen molar-refractivity contribution in [2.75, 3.05) is 18.4 Å². The molecule has 1 aliphatic carbocycles. The predicted molar refractivity (Wildman–Crippen MR) is 118 cm³/mol. The van der Waals surface area contributed by atoms with E-state index in [4.69, 9.17) is 0 Å². The molecule has 5 rings (SSSR count). The summed E-state index contributed by atoms with van der Waals surface area (Å²) in [5.74, 6) is 1.58. The molecule has 4 heterocycles. The van der Waals surface area contributed by atoms with Gasteiger partial charge in [0.15, 0.2) is 0 Å². The van der Waals surface area contributed by atoms with E-state index in [2.05, 4.69) is 22.2 Å². The molecule has 0 aromatic carbocycles. The van der Waals surface area contributed by atoms with Gasteiger partial charge < -0.3 is 5.32 Å². The van der Waals surface area contributed by atoms with Crippen molar-refractivity contribution >= 4 is 48.7 Å². The fourth-order valence-electron chi connectivity index (χ4n) is 4.23. The van der Waals surface area contributed by atoms with Crippen LogP contribution in [0.1, 0.15) is 41.5 Å². The van der Waals surface area contributed by atoms with Crippen molar-refractivity contribution in [1.82, 2.24) is 14.3 Å². The average molecular weight is 449 g/mol. The van der Waals surface area contributed by atoms with Gasteiger partial charge in [-0.25, -0.2) is 18.4 Å². The van der Waals surface area contributed by atoms with Crippen LogP contribution in [0.3, 0.4) is 0 Å². The molecule has 154 valence electrons. The number of hydrogen-bond acceptors (Lipinski definition) is 7. The van der Waals surface area contributed by atoms with E-state index in [1.54, 1.807) is 28.0 Å². The molecule has 1 saturated heterocycles. The van der Waals surface area contributed by atoms with Crippen LogP contribution in [0.15, 0.2) is 22.7 Å². The summed E-state index contributed by atoms with van der Waals surface area (Å²) in [4.78, 5) is 12.5. The summed E-state index contributed by atoms with van der Waals surface area (Å²) in [6, 6.07) is 3.64. The summed E-state index contributed by atoms with van der Waals surface area (Å²) < 4.78 is 27.5. The van der Waals surface area contributed by atoms with Crippen molar-refractivity contribution in [3.05, 3.63) is 33.8 Å². The highest BCUT2D eigenvalue weighted by atomic mass is 32.2. The second-order valence-corrected chi connectivity index (χ2v) is 12.4. The van der Waals surface area contributed by atoms with E-state index in [9.17, 15) is 8.42 Å². The van der Waals surface area contributed by atoms with E-state index in [0.717, 1.165) is 52.5 Å². The molecule has 3 aromatic heterocycles. The van der Waals surface area contributed by atoms with Crippen molar-refractivity contribution in [2.24, 2.45) is 5.92 Å². The van der Waals surface area contributed by atoms with Gasteiger partial charge in [-0.05, 0) is 55.7 Å². The number of aromatic nitrogens is 2. The summed E-state index contributed by atoms with van der Waals surface area (Å²) in [5, 5.41) is 4.60. The van der Waals surface area contributed by atoms with Crippen LogP contribution in [0.25, 0.3) is 10.2 Å². The number of aryl methyl sites for hydroxylation is 1. The third-order valence-electron chi connectivity index (χ3n) is 5.82. The Hall–Kier alpha value is -1.55. The van der Waals surface area contributed by atoms with Crippen LogP contribution in [0.5, 0.6) is 0 Å². The predicted octanol–water partition coefficient (Wildman–Crippen LogP) is 4.27. The number of sulfonamides is 1. The second kappa shape index (κ2) is 7.61. The quantitative estimate of drug-likeness (QED) is 0.631. The Balaban J connectivity index is 1.37. The first-order valence-corrected chi connectivity index (χ1v) is 13.2. The van der Waals surface area contributed by atoms with Crippen LogP contribution in [0, 0.1) is 5.92 Å².